The molecule has 1 heterocycles. The zero-order valence-electron chi connectivity index (χ0n) is 12.8. The highest BCUT2D eigenvalue weighted by Gasteiger charge is 2.25. The minimum atomic E-state index is 0.501. The fraction of sp³-hybridized carbons (Fsp3) is 0.733. The summed E-state index contributed by atoms with van der Waals surface area (Å²) in [4.78, 5) is 9.05. The highest BCUT2D eigenvalue weighted by Crippen LogP contribution is 2.30. The molecule has 1 aromatic rings. The molecule has 5 heteroatoms. The van der Waals surface area contributed by atoms with E-state index in [2.05, 4.69) is 28.5 Å². The van der Waals surface area contributed by atoms with Gasteiger partial charge in [0.1, 0.15) is 17.5 Å². The molecule has 2 rings (SSSR count). The second-order valence-electron chi connectivity index (χ2n) is 5.56. The third-order valence-electron chi connectivity index (χ3n) is 4.03. The van der Waals surface area contributed by atoms with Crippen molar-refractivity contribution in [2.45, 2.75) is 63.7 Å². The maximum atomic E-state index is 6.03. The van der Waals surface area contributed by atoms with Gasteiger partial charge in [0, 0.05) is 23.3 Å². The largest absolute Gasteiger partial charge is 0.383 e. The van der Waals surface area contributed by atoms with E-state index in [-0.39, 0.29) is 0 Å². The molecule has 1 aliphatic rings. The van der Waals surface area contributed by atoms with Crippen molar-refractivity contribution in [2.24, 2.45) is 0 Å². The lowest BCUT2D eigenvalue weighted by Crippen LogP contribution is -2.35. The van der Waals surface area contributed by atoms with Crippen LogP contribution < -0.4 is 11.1 Å². The number of hydrogen-bond acceptors (Lipinski definition) is 5. The summed E-state index contributed by atoms with van der Waals surface area (Å²) >= 11 is 1.96. The molecular weight excluding hydrogens is 268 g/mol. The fourth-order valence-corrected chi connectivity index (χ4v) is 3.71. The first kappa shape index (κ1) is 15.4. The molecule has 1 aliphatic carbocycles. The number of nitrogen functional groups attached to an aromatic ring is 1. The molecule has 0 saturated heterocycles. The van der Waals surface area contributed by atoms with Crippen LogP contribution in [-0.2, 0) is 6.42 Å². The van der Waals surface area contributed by atoms with Crippen LogP contribution in [0, 0.1) is 6.92 Å². The lowest BCUT2D eigenvalue weighted by Gasteiger charge is -2.31. The molecule has 2 unspecified atom stereocenters. The summed E-state index contributed by atoms with van der Waals surface area (Å²) in [6.07, 6.45) is 9.28. The molecule has 20 heavy (non-hydrogen) atoms. The quantitative estimate of drug-likeness (QED) is 0.871. The molecule has 112 valence electrons. The molecule has 3 N–H and O–H groups in total. The van der Waals surface area contributed by atoms with Gasteiger partial charge in [-0.05, 0) is 32.4 Å². The number of rotatable bonds is 5. The first-order valence-electron chi connectivity index (χ1n) is 7.58. The minimum Gasteiger partial charge on any atom is -0.383 e. The van der Waals surface area contributed by atoms with Crippen molar-refractivity contribution >= 4 is 23.4 Å². The normalized spacial score (nSPS) is 22.8. The molecule has 1 aromatic heterocycles. The third-order valence-corrected chi connectivity index (χ3v) is 5.20. The van der Waals surface area contributed by atoms with E-state index < -0.39 is 0 Å². The van der Waals surface area contributed by atoms with E-state index in [1.807, 2.05) is 18.7 Å². The number of nitrogens with zero attached hydrogens (tertiary/aromatic N) is 2. The van der Waals surface area contributed by atoms with Crippen LogP contribution in [0.4, 0.5) is 11.6 Å². The summed E-state index contributed by atoms with van der Waals surface area (Å²) in [7, 11) is 0. The van der Waals surface area contributed by atoms with Crippen LogP contribution in [0.15, 0.2) is 0 Å². The zero-order valence-corrected chi connectivity index (χ0v) is 13.6. The van der Waals surface area contributed by atoms with E-state index in [0.29, 0.717) is 17.1 Å². The lowest BCUT2D eigenvalue weighted by molar-refractivity contribution is 0.474. The molecule has 0 radical (unpaired) electrons. The predicted octanol–water partition coefficient (Wildman–Crippen LogP) is 3.41. The Balaban J connectivity index is 2.18. The smallest absolute Gasteiger partial charge is 0.135 e. The Morgan fingerprint density at radius 3 is 2.75 bits per heavy atom. The van der Waals surface area contributed by atoms with Crippen molar-refractivity contribution in [2.75, 3.05) is 17.3 Å². The lowest BCUT2D eigenvalue weighted by atomic mass is 9.94. The summed E-state index contributed by atoms with van der Waals surface area (Å²) in [5, 5.41) is 4.31. The number of thioether (sulfide) groups is 1. The predicted molar refractivity (Wildman–Crippen MR) is 88.4 cm³/mol. The average molecular weight is 294 g/mol. The summed E-state index contributed by atoms with van der Waals surface area (Å²) in [6, 6.07) is 0.501. The topological polar surface area (TPSA) is 63.8 Å². The van der Waals surface area contributed by atoms with Crippen LogP contribution in [0.25, 0.3) is 0 Å². The number of aryl methyl sites for hydroxylation is 1. The van der Waals surface area contributed by atoms with Crippen molar-refractivity contribution in [1.29, 1.82) is 0 Å². The van der Waals surface area contributed by atoms with Crippen LogP contribution in [0.3, 0.4) is 0 Å². The number of aromatic nitrogens is 2. The standard InChI is InChI=1S/C15H26N4S/c1-4-7-13-18-14(16)10(2)15(19-13)17-11-8-5-6-9-12(11)20-3/h11-12H,4-9H2,1-3H3,(H3,16,17,18,19). The molecule has 0 aliphatic heterocycles. The molecule has 1 saturated carbocycles. The maximum absolute atomic E-state index is 6.03. The molecule has 0 bridgehead atoms. The van der Waals surface area contributed by atoms with E-state index in [9.17, 15) is 0 Å². The van der Waals surface area contributed by atoms with Crippen molar-refractivity contribution < 1.29 is 0 Å². The van der Waals surface area contributed by atoms with Gasteiger partial charge < -0.3 is 11.1 Å². The van der Waals surface area contributed by atoms with Gasteiger partial charge in [0.05, 0.1) is 0 Å². The number of nitrogens with two attached hydrogens (primary N) is 1. The summed E-state index contributed by atoms with van der Waals surface area (Å²) in [5.74, 6) is 2.41. The van der Waals surface area contributed by atoms with Crippen molar-refractivity contribution in [3.8, 4) is 0 Å². The molecule has 1 fully saturated rings. The Kier molecular flexibility index (Phi) is 5.52. The second kappa shape index (κ2) is 7.16. The SMILES string of the molecule is CCCc1nc(N)c(C)c(NC2CCCCC2SC)n1. The van der Waals surface area contributed by atoms with E-state index in [1.54, 1.807) is 0 Å². The Morgan fingerprint density at radius 1 is 1.30 bits per heavy atom. The Bertz CT molecular complexity index is 450. The highest BCUT2D eigenvalue weighted by atomic mass is 32.2. The fourth-order valence-electron chi connectivity index (χ4n) is 2.78. The summed E-state index contributed by atoms with van der Waals surface area (Å²) in [5.41, 5.74) is 7.01. The van der Waals surface area contributed by atoms with Crippen LogP contribution in [0.2, 0.25) is 0 Å². The van der Waals surface area contributed by atoms with Crippen LogP contribution in [0.1, 0.15) is 50.4 Å². The molecule has 4 nitrogen and oxygen atoms in total. The van der Waals surface area contributed by atoms with Crippen LogP contribution >= 0.6 is 11.8 Å². The summed E-state index contributed by atoms with van der Waals surface area (Å²) < 4.78 is 0. The van der Waals surface area contributed by atoms with E-state index >= 15 is 0 Å². The summed E-state index contributed by atoms with van der Waals surface area (Å²) in [6.45, 7) is 4.14. The monoisotopic (exact) mass is 294 g/mol. The first-order valence-corrected chi connectivity index (χ1v) is 8.86. The second-order valence-corrected chi connectivity index (χ2v) is 6.64. The Morgan fingerprint density at radius 2 is 2.05 bits per heavy atom. The van der Waals surface area contributed by atoms with Gasteiger partial charge in [-0.3, -0.25) is 0 Å². The average Bonchev–Trinajstić information content (AvgIpc) is 2.45. The zero-order chi connectivity index (χ0) is 14.5. The van der Waals surface area contributed by atoms with E-state index in [4.69, 9.17) is 5.73 Å². The maximum Gasteiger partial charge on any atom is 0.135 e. The van der Waals surface area contributed by atoms with Gasteiger partial charge in [-0.1, -0.05) is 19.8 Å². The van der Waals surface area contributed by atoms with Gasteiger partial charge in [0.2, 0.25) is 0 Å². The van der Waals surface area contributed by atoms with Crippen molar-refractivity contribution in [3.63, 3.8) is 0 Å². The van der Waals surface area contributed by atoms with E-state index in [1.165, 1.54) is 25.7 Å². The van der Waals surface area contributed by atoms with Gasteiger partial charge in [-0.2, -0.15) is 11.8 Å². The van der Waals surface area contributed by atoms with Gasteiger partial charge in [0.15, 0.2) is 0 Å². The van der Waals surface area contributed by atoms with Gasteiger partial charge >= 0.3 is 0 Å². The number of nitrogens with one attached hydrogen (secondary N) is 1. The molecule has 0 spiro atoms. The highest BCUT2D eigenvalue weighted by molar-refractivity contribution is 7.99. The van der Waals surface area contributed by atoms with Crippen molar-refractivity contribution in [3.05, 3.63) is 11.4 Å². The van der Waals surface area contributed by atoms with E-state index in [0.717, 1.165) is 30.0 Å². The van der Waals surface area contributed by atoms with Gasteiger partial charge in [-0.15, -0.1) is 0 Å². The number of hydrogen-bond donors (Lipinski definition) is 2. The first-order chi connectivity index (χ1) is 9.65. The Labute approximate surface area is 126 Å². The van der Waals surface area contributed by atoms with Crippen molar-refractivity contribution in [1.82, 2.24) is 9.97 Å². The van der Waals surface area contributed by atoms with Gasteiger partial charge in [0.25, 0.3) is 0 Å². The van der Waals surface area contributed by atoms with Gasteiger partial charge in [-0.25, -0.2) is 9.97 Å². The molecule has 2 atom stereocenters. The molecule has 0 amide bonds. The van der Waals surface area contributed by atoms with Crippen LogP contribution in [0.5, 0.6) is 0 Å². The Hall–Kier alpha value is -0.970. The van der Waals surface area contributed by atoms with Crippen LogP contribution in [-0.4, -0.2) is 27.5 Å². The minimum absolute atomic E-state index is 0.501. The molecular formula is C15H26N4S. The third kappa shape index (κ3) is 3.57. The number of anilines is 2. The molecule has 0 aromatic carbocycles.